The van der Waals surface area contributed by atoms with Gasteiger partial charge in [0.25, 0.3) is 5.91 Å². The molecule has 2 N–H and O–H groups in total. The van der Waals surface area contributed by atoms with E-state index < -0.39 is 17.7 Å². The van der Waals surface area contributed by atoms with E-state index in [0.29, 0.717) is 11.6 Å². The fourth-order valence-corrected chi connectivity index (χ4v) is 3.13. The van der Waals surface area contributed by atoms with Gasteiger partial charge in [-0.25, -0.2) is 14.2 Å². The van der Waals surface area contributed by atoms with Crippen LogP contribution >= 0.6 is 11.3 Å². The number of anilines is 1. The summed E-state index contributed by atoms with van der Waals surface area (Å²) in [5, 5.41) is 13.6. The van der Waals surface area contributed by atoms with Crippen molar-refractivity contribution in [1.82, 2.24) is 4.98 Å². The van der Waals surface area contributed by atoms with Crippen LogP contribution in [0.2, 0.25) is 0 Å². The minimum atomic E-state index is -1.20. The lowest BCUT2D eigenvalue weighted by molar-refractivity contribution is 0.0696. The van der Waals surface area contributed by atoms with Crippen molar-refractivity contribution in [3.8, 4) is 0 Å². The maximum absolute atomic E-state index is 13.7. The summed E-state index contributed by atoms with van der Waals surface area (Å²) in [6.07, 6.45) is 1.73. The van der Waals surface area contributed by atoms with Gasteiger partial charge in [0, 0.05) is 12.0 Å². The standard InChI is InChI=1S/C15H13FN2O4S/c16-9-4-3-8(15(20)21)6-10(9)17-13(19)11-7-23-14(18-11)12-2-1-5-22-12/h3-4,6-7,12H,1-2,5H2,(H,17,19)(H,20,21)/t12-/m0/s1. The van der Waals surface area contributed by atoms with Gasteiger partial charge in [-0.3, -0.25) is 4.79 Å². The fraction of sp³-hybridized carbons (Fsp3) is 0.267. The largest absolute Gasteiger partial charge is 0.478 e. The van der Waals surface area contributed by atoms with E-state index in [0.717, 1.165) is 31.0 Å². The minimum Gasteiger partial charge on any atom is -0.478 e. The zero-order valence-electron chi connectivity index (χ0n) is 11.9. The number of aromatic nitrogens is 1. The summed E-state index contributed by atoms with van der Waals surface area (Å²) in [7, 11) is 0. The number of aromatic carboxylic acids is 1. The highest BCUT2D eigenvalue weighted by Crippen LogP contribution is 2.30. The number of hydrogen-bond acceptors (Lipinski definition) is 5. The number of hydrogen-bond donors (Lipinski definition) is 2. The molecule has 120 valence electrons. The Bertz CT molecular complexity index is 756. The lowest BCUT2D eigenvalue weighted by Gasteiger charge is -2.06. The molecule has 2 heterocycles. The molecule has 0 radical (unpaired) electrons. The molecule has 1 amide bonds. The number of rotatable bonds is 4. The van der Waals surface area contributed by atoms with Crippen LogP contribution in [-0.2, 0) is 4.74 Å². The molecule has 0 spiro atoms. The Kier molecular flexibility index (Phi) is 4.35. The van der Waals surface area contributed by atoms with Crippen LogP contribution in [0.3, 0.4) is 0 Å². The van der Waals surface area contributed by atoms with Gasteiger partial charge in [0.05, 0.1) is 11.3 Å². The van der Waals surface area contributed by atoms with Crippen molar-refractivity contribution in [2.45, 2.75) is 18.9 Å². The number of carboxylic acids is 1. The second kappa shape index (κ2) is 6.43. The maximum atomic E-state index is 13.7. The summed E-state index contributed by atoms with van der Waals surface area (Å²) in [5.41, 5.74) is -0.151. The predicted molar refractivity (Wildman–Crippen MR) is 81.4 cm³/mol. The first kappa shape index (κ1) is 15.6. The van der Waals surface area contributed by atoms with E-state index >= 15 is 0 Å². The molecule has 0 bridgehead atoms. The van der Waals surface area contributed by atoms with Crippen molar-refractivity contribution in [1.29, 1.82) is 0 Å². The number of nitrogens with one attached hydrogen (secondary N) is 1. The third-order valence-electron chi connectivity index (χ3n) is 3.42. The third kappa shape index (κ3) is 3.38. The number of halogens is 1. The second-order valence-corrected chi connectivity index (χ2v) is 5.92. The third-order valence-corrected chi connectivity index (χ3v) is 4.36. The van der Waals surface area contributed by atoms with E-state index in [2.05, 4.69) is 10.3 Å². The van der Waals surface area contributed by atoms with E-state index in [4.69, 9.17) is 9.84 Å². The first-order valence-corrected chi connectivity index (χ1v) is 7.84. The molecule has 1 aromatic carbocycles. The summed E-state index contributed by atoms with van der Waals surface area (Å²) in [4.78, 5) is 27.3. The molecule has 0 saturated carbocycles. The number of carboxylic acid groups (broad SMARTS) is 1. The van der Waals surface area contributed by atoms with Crippen LogP contribution in [0.4, 0.5) is 10.1 Å². The SMILES string of the molecule is O=C(O)c1ccc(F)c(NC(=O)c2csc([C@@H]3CCCO3)n2)c1. The molecule has 1 aliphatic heterocycles. The Morgan fingerprint density at radius 2 is 2.26 bits per heavy atom. The van der Waals surface area contributed by atoms with Crippen molar-refractivity contribution >= 4 is 28.9 Å². The van der Waals surface area contributed by atoms with Crippen molar-refractivity contribution < 1.29 is 23.8 Å². The Hall–Kier alpha value is -2.32. The summed E-state index contributed by atoms with van der Waals surface area (Å²) < 4.78 is 19.2. The number of thiazole rings is 1. The molecule has 1 saturated heterocycles. The number of carbonyl (C=O) groups is 2. The fourth-order valence-electron chi connectivity index (χ4n) is 2.25. The number of nitrogens with zero attached hydrogens (tertiary/aromatic N) is 1. The summed E-state index contributed by atoms with van der Waals surface area (Å²) in [5.74, 6) is -2.50. The van der Waals surface area contributed by atoms with Gasteiger partial charge in [-0.05, 0) is 31.0 Å². The van der Waals surface area contributed by atoms with Gasteiger partial charge in [-0.2, -0.15) is 0 Å². The van der Waals surface area contributed by atoms with Crippen LogP contribution in [0, 0.1) is 5.82 Å². The van der Waals surface area contributed by atoms with Crippen LogP contribution in [0.25, 0.3) is 0 Å². The van der Waals surface area contributed by atoms with Crippen LogP contribution in [0.5, 0.6) is 0 Å². The predicted octanol–water partition coefficient (Wildman–Crippen LogP) is 3.08. The zero-order valence-corrected chi connectivity index (χ0v) is 12.7. The van der Waals surface area contributed by atoms with E-state index in [9.17, 15) is 14.0 Å². The van der Waals surface area contributed by atoms with Gasteiger partial charge >= 0.3 is 5.97 Å². The molecule has 2 aromatic rings. The number of amides is 1. The van der Waals surface area contributed by atoms with Crippen molar-refractivity contribution in [3.05, 3.63) is 45.7 Å². The molecule has 8 heteroatoms. The molecule has 6 nitrogen and oxygen atoms in total. The Morgan fingerprint density at radius 1 is 1.43 bits per heavy atom. The summed E-state index contributed by atoms with van der Waals surface area (Å²) in [6, 6.07) is 3.20. The summed E-state index contributed by atoms with van der Waals surface area (Å²) >= 11 is 1.31. The highest BCUT2D eigenvalue weighted by Gasteiger charge is 2.22. The number of ether oxygens (including phenoxy) is 1. The summed E-state index contributed by atoms with van der Waals surface area (Å²) in [6.45, 7) is 0.680. The smallest absolute Gasteiger partial charge is 0.335 e. The van der Waals surface area contributed by atoms with Gasteiger partial charge < -0.3 is 15.2 Å². The van der Waals surface area contributed by atoms with Crippen LogP contribution in [0.15, 0.2) is 23.6 Å². The maximum Gasteiger partial charge on any atom is 0.335 e. The lowest BCUT2D eigenvalue weighted by Crippen LogP contribution is -2.14. The van der Waals surface area contributed by atoms with Crippen LogP contribution < -0.4 is 5.32 Å². The second-order valence-electron chi connectivity index (χ2n) is 5.03. The molecule has 1 aliphatic rings. The van der Waals surface area contributed by atoms with E-state index in [1.165, 1.54) is 11.3 Å². The molecule has 3 rings (SSSR count). The lowest BCUT2D eigenvalue weighted by atomic mass is 10.2. The molecule has 1 fully saturated rings. The minimum absolute atomic E-state index is 0.0892. The first-order chi connectivity index (χ1) is 11.0. The topological polar surface area (TPSA) is 88.5 Å². The Labute approximate surface area is 134 Å². The van der Waals surface area contributed by atoms with Crippen LogP contribution in [-0.4, -0.2) is 28.6 Å². The normalized spacial score (nSPS) is 17.2. The number of carbonyl (C=O) groups excluding carboxylic acids is 1. The highest BCUT2D eigenvalue weighted by molar-refractivity contribution is 7.09. The molecular weight excluding hydrogens is 323 g/mol. The monoisotopic (exact) mass is 336 g/mol. The van der Waals surface area contributed by atoms with Gasteiger partial charge in [0.1, 0.15) is 22.6 Å². The van der Waals surface area contributed by atoms with Crippen molar-refractivity contribution in [2.24, 2.45) is 0 Å². The van der Waals surface area contributed by atoms with Gasteiger partial charge in [0.2, 0.25) is 0 Å². The van der Waals surface area contributed by atoms with Crippen LogP contribution in [0.1, 0.15) is 44.8 Å². The average molecular weight is 336 g/mol. The molecule has 0 unspecified atom stereocenters. The molecule has 1 aromatic heterocycles. The first-order valence-electron chi connectivity index (χ1n) is 6.96. The average Bonchev–Trinajstić information content (AvgIpc) is 3.20. The molecular formula is C15H13FN2O4S. The van der Waals surface area contributed by atoms with Gasteiger partial charge in [-0.15, -0.1) is 11.3 Å². The molecule has 23 heavy (non-hydrogen) atoms. The Morgan fingerprint density at radius 3 is 2.96 bits per heavy atom. The van der Waals surface area contributed by atoms with E-state index in [1.807, 2.05) is 0 Å². The van der Waals surface area contributed by atoms with E-state index in [1.54, 1.807) is 5.38 Å². The zero-order chi connectivity index (χ0) is 16.4. The quantitative estimate of drug-likeness (QED) is 0.896. The van der Waals surface area contributed by atoms with Crippen molar-refractivity contribution in [2.75, 3.05) is 11.9 Å². The molecule has 0 aliphatic carbocycles. The number of benzene rings is 1. The Balaban J connectivity index is 1.76. The van der Waals surface area contributed by atoms with E-state index in [-0.39, 0.29) is 23.0 Å². The van der Waals surface area contributed by atoms with Gasteiger partial charge in [0.15, 0.2) is 0 Å². The molecule has 1 atom stereocenters. The van der Waals surface area contributed by atoms with Gasteiger partial charge in [-0.1, -0.05) is 0 Å². The highest BCUT2D eigenvalue weighted by atomic mass is 32.1. The van der Waals surface area contributed by atoms with Crippen molar-refractivity contribution in [3.63, 3.8) is 0 Å².